The predicted octanol–water partition coefficient (Wildman–Crippen LogP) is 1.03. The zero-order valence-corrected chi connectivity index (χ0v) is 9.64. The van der Waals surface area contributed by atoms with Crippen LogP contribution in [-0.4, -0.2) is 30.5 Å². The quantitative estimate of drug-likeness (QED) is 0.813. The number of rotatable bonds is 2. The lowest BCUT2D eigenvalue weighted by atomic mass is 10.0. The van der Waals surface area contributed by atoms with E-state index in [2.05, 4.69) is 17.2 Å². The summed E-state index contributed by atoms with van der Waals surface area (Å²) in [5, 5.41) is 3.05. The second-order valence-electron chi connectivity index (χ2n) is 4.29. The molecule has 1 aromatic rings. The maximum atomic E-state index is 12.2. The first-order chi connectivity index (χ1) is 7.72. The molecule has 2 heterocycles. The Bertz CT molecular complexity index is 350. The fraction of sp³-hybridized carbons (Fsp3) is 0.636. The average molecular weight is 223 g/mol. The van der Waals surface area contributed by atoms with Crippen LogP contribution in [0.4, 0.5) is 6.01 Å². The van der Waals surface area contributed by atoms with Crippen LogP contribution in [0.25, 0.3) is 0 Å². The first-order valence-corrected chi connectivity index (χ1v) is 5.60. The smallest absolute Gasteiger partial charge is 0.304 e. The van der Waals surface area contributed by atoms with Gasteiger partial charge in [-0.1, -0.05) is 6.92 Å². The number of carbonyl (C=O) groups excluding carboxylic acids is 1. The summed E-state index contributed by atoms with van der Waals surface area (Å²) < 4.78 is 5.21. The molecule has 0 aromatic carbocycles. The van der Waals surface area contributed by atoms with Crippen LogP contribution < -0.4 is 10.2 Å². The van der Waals surface area contributed by atoms with Crippen LogP contribution in [0, 0.1) is 5.92 Å². The van der Waals surface area contributed by atoms with Crippen LogP contribution in [0.15, 0.2) is 16.9 Å². The summed E-state index contributed by atoms with van der Waals surface area (Å²) in [6.45, 7) is 2.82. The molecule has 1 aliphatic rings. The predicted molar refractivity (Wildman–Crippen MR) is 60.1 cm³/mol. The number of aromatic nitrogens is 1. The molecule has 5 heteroatoms. The molecule has 1 amide bonds. The number of hydrogen-bond donors (Lipinski definition) is 1. The van der Waals surface area contributed by atoms with E-state index in [-0.39, 0.29) is 11.9 Å². The molecular weight excluding hydrogens is 206 g/mol. The van der Waals surface area contributed by atoms with E-state index in [1.54, 1.807) is 11.1 Å². The summed E-state index contributed by atoms with van der Waals surface area (Å²) in [4.78, 5) is 17.9. The highest BCUT2D eigenvalue weighted by atomic mass is 16.4. The van der Waals surface area contributed by atoms with Gasteiger partial charge in [-0.2, -0.15) is 0 Å². The van der Waals surface area contributed by atoms with Crippen LogP contribution in [0.3, 0.4) is 0 Å². The standard InChI is InChI=1S/C11H17N3O2/c1-8-3-4-9(12-2)10(15)14(7-8)11-13-5-6-16-11/h5-6,8-9,12H,3-4,7H2,1-2H3. The molecule has 0 bridgehead atoms. The zero-order chi connectivity index (χ0) is 11.5. The summed E-state index contributed by atoms with van der Waals surface area (Å²) in [5.41, 5.74) is 0. The van der Waals surface area contributed by atoms with Crippen molar-refractivity contribution in [3.63, 3.8) is 0 Å². The van der Waals surface area contributed by atoms with Crippen molar-refractivity contribution in [1.82, 2.24) is 10.3 Å². The van der Waals surface area contributed by atoms with E-state index in [0.29, 0.717) is 18.5 Å². The molecule has 16 heavy (non-hydrogen) atoms. The van der Waals surface area contributed by atoms with Crippen LogP contribution in [0.1, 0.15) is 19.8 Å². The van der Waals surface area contributed by atoms with Gasteiger partial charge in [-0.3, -0.25) is 9.69 Å². The third-order valence-corrected chi connectivity index (χ3v) is 3.01. The van der Waals surface area contributed by atoms with Crippen molar-refractivity contribution in [2.45, 2.75) is 25.8 Å². The lowest BCUT2D eigenvalue weighted by Gasteiger charge is -2.21. The molecule has 2 rings (SSSR count). The highest BCUT2D eigenvalue weighted by Gasteiger charge is 2.31. The third kappa shape index (κ3) is 2.09. The molecule has 1 aromatic heterocycles. The first-order valence-electron chi connectivity index (χ1n) is 5.60. The minimum absolute atomic E-state index is 0.0503. The van der Waals surface area contributed by atoms with Gasteiger partial charge in [0.1, 0.15) is 6.26 Å². The van der Waals surface area contributed by atoms with Gasteiger partial charge in [0.25, 0.3) is 0 Å². The van der Waals surface area contributed by atoms with Crippen molar-refractivity contribution < 1.29 is 9.21 Å². The summed E-state index contributed by atoms with van der Waals surface area (Å²) in [5.74, 6) is 0.517. The maximum absolute atomic E-state index is 12.2. The molecule has 5 nitrogen and oxygen atoms in total. The van der Waals surface area contributed by atoms with Gasteiger partial charge in [-0.15, -0.1) is 0 Å². The molecule has 0 radical (unpaired) electrons. The van der Waals surface area contributed by atoms with Gasteiger partial charge in [0.15, 0.2) is 0 Å². The highest BCUT2D eigenvalue weighted by Crippen LogP contribution is 2.21. The zero-order valence-electron chi connectivity index (χ0n) is 9.64. The molecule has 1 fully saturated rings. The Balaban J connectivity index is 2.23. The van der Waals surface area contributed by atoms with Crippen LogP contribution in [0.5, 0.6) is 0 Å². The summed E-state index contributed by atoms with van der Waals surface area (Å²) in [6, 6.07) is 0.274. The summed E-state index contributed by atoms with van der Waals surface area (Å²) in [7, 11) is 1.81. The van der Waals surface area contributed by atoms with Crippen molar-refractivity contribution in [1.29, 1.82) is 0 Å². The Kier molecular flexibility index (Phi) is 3.24. The van der Waals surface area contributed by atoms with Crippen molar-refractivity contribution in [3.8, 4) is 0 Å². The van der Waals surface area contributed by atoms with Gasteiger partial charge < -0.3 is 9.73 Å². The van der Waals surface area contributed by atoms with E-state index in [1.807, 2.05) is 7.05 Å². The summed E-state index contributed by atoms with van der Waals surface area (Å²) in [6.07, 6.45) is 4.96. The van der Waals surface area contributed by atoms with E-state index in [4.69, 9.17) is 4.42 Å². The number of carbonyl (C=O) groups is 1. The number of likely N-dealkylation sites (N-methyl/N-ethyl adjacent to an activating group) is 1. The molecular formula is C11H17N3O2. The molecule has 0 saturated carbocycles. The lowest BCUT2D eigenvalue weighted by molar-refractivity contribution is -0.120. The van der Waals surface area contributed by atoms with E-state index >= 15 is 0 Å². The Morgan fingerprint density at radius 3 is 3.00 bits per heavy atom. The number of hydrogen-bond acceptors (Lipinski definition) is 4. The molecule has 88 valence electrons. The second kappa shape index (κ2) is 4.65. The Morgan fingerprint density at radius 1 is 1.56 bits per heavy atom. The van der Waals surface area contributed by atoms with Crippen molar-refractivity contribution >= 4 is 11.9 Å². The largest absolute Gasteiger partial charge is 0.432 e. The molecule has 0 aliphatic carbocycles. The number of oxazole rings is 1. The normalized spacial score (nSPS) is 26.9. The van der Waals surface area contributed by atoms with E-state index < -0.39 is 0 Å². The number of nitrogens with one attached hydrogen (secondary N) is 1. The van der Waals surface area contributed by atoms with E-state index in [0.717, 1.165) is 12.8 Å². The van der Waals surface area contributed by atoms with Crippen molar-refractivity contribution in [3.05, 3.63) is 12.5 Å². The SMILES string of the molecule is CNC1CCC(C)CN(c2ncco2)C1=O. The van der Waals surface area contributed by atoms with Gasteiger partial charge in [-0.25, -0.2) is 4.98 Å². The molecule has 1 N–H and O–H groups in total. The molecule has 0 spiro atoms. The monoisotopic (exact) mass is 223 g/mol. The Morgan fingerprint density at radius 2 is 2.38 bits per heavy atom. The van der Waals surface area contributed by atoms with Crippen molar-refractivity contribution in [2.75, 3.05) is 18.5 Å². The minimum atomic E-state index is -0.128. The Labute approximate surface area is 94.8 Å². The van der Waals surface area contributed by atoms with E-state index in [1.165, 1.54) is 6.26 Å². The maximum Gasteiger partial charge on any atom is 0.304 e. The number of amides is 1. The average Bonchev–Trinajstić information content (AvgIpc) is 2.75. The first kappa shape index (κ1) is 11.1. The fourth-order valence-electron chi connectivity index (χ4n) is 2.05. The van der Waals surface area contributed by atoms with Gasteiger partial charge in [0.2, 0.25) is 5.91 Å². The second-order valence-corrected chi connectivity index (χ2v) is 4.29. The minimum Gasteiger partial charge on any atom is -0.432 e. The molecule has 1 saturated heterocycles. The van der Waals surface area contributed by atoms with Gasteiger partial charge in [0.05, 0.1) is 12.2 Å². The molecule has 2 unspecified atom stereocenters. The fourth-order valence-corrected chi connectivity index (χ4v) is 2.05. The summed E-state index contributed by atoms with van der Waals surface area (Å²) >= 11 is 0. The molecule has 1 aliphatic heterocycles. The molecule has 2 atom stereocenters. The Hall–Kier alpha value is -1.36. The van der Waals surface area contributed by atoms with Crippen LogP contribution in [0.2, 0.25) is 0 Å². The number of anilines is 1. The van der Waals surface area contributed by atoms with Gasteiger partial charge in [-0.05, 0) is 25.8 Å². The van der Waals surface area contributed by atoms with Gasteiger partial charge >= 0.3 is 6.01 Å². The topological polar surface area (TPSA) is 58.4 Å². The van der Waals surface area contributed by atoms with Crippen LogP contribution in [-0.2, 0) is 4.79 Å². The lowest BCUT2D eigenvalue weighted by Crippen LogP contribution is -2.44. The number of nitrogens with zero attached hydrogens (tertiary/aromatic N) is 2. The van der Waals surface area contributed by atoms with Crippen LogP contribution >= 0.6 is 0 Å². The van der Waals surface area contributed by atoms with E-state index in [9.17, 15) is 4.79 Å². The van der Waals surface area contributed by atoms with Gasteiger partial charge in [0, 0.05) is 6.54 Å². The highest BCUT2D eigenvalue weighted by molar-refractivity contribution is 5.95. The van der Waals surface area contributed by atoms with Crippen molar-refractivity contribution in [2.24, 2.45) is 5.92 Å². The third-order valence-electron chi connectivity index (χ3n) is 3.01.